The number of carbonyl (C=O) groups is 1. The van der Waals surface area contributed by atoms with Crippen molar-refractivity contribution in [2.24, 2.45) is 5.73 Å². The molecule has 1 aromatic carbocycles. The number of hydrogen-bond donors (Lipinski definition) is 4. The molecule has 1 heterocycles. The Kier molecular flexibility index (Phi) is 5.01. The monoisotopic (exact) mass is 263 g/mol. The van der Waals surface area contributed by atoms with Crippen LogP contribution >= 0.6 is 0 Å². The van der Waals surface area contributed by atoms with Crippen molar-refractivity contribution in [2.45, 2.75) is 19.9 Å². The van der Waals surface area contributed by atoms with Crippen LogP contribution in [0.1, 0.15) is 34.7 Å². The summed E-state index contributed by atoms with van der Waals surface area (Å²) in [7, 11) is 0. The highest BCUT2D eigenvalue weighted by Gasteiger charge is 2.05. The molecule has 0 bridgehead atoms. The average molecular weight is 263 g/mol. The highest BCUT2D eigenvalue weighted by molar-refractivity contribution is 5.83. The number of hydrogen-bond acceptors (Lipinski definition) is 5. The predicted molar refractivity (Wildman–Crippen MR) is 71.5 cm³/mol. The van der Waals surface area contributed by atoms with E-state index in [1.165, 1.54) is 11.1 Å². The topological polar surface area (TPSA) is 131 Å². The summed E-state index contributed by atoms with van der Waals surface area (Å²) in [4.78, 5) is 13.3. The number of aromatic carboxylic acids is 1. The molecule has 0 fully saturated rings. The third-order valence-corrected chi connectivity index (χ3v) is 2.31. The molecule has 1 unspecified atom stereocenters. The summed E-state index contributed by atoms with van der Waals surface area (Å²) >= 11 is 0. The van der Waals surface area contributed by atoms with Gasteiger partial charge in [-0.2, -0.15) is 4.98 Å². The van der Waals surface area contributed by atoms with E-state index in [1.54, 1.807) is 0 Å². The largest absolute Gasteiger partial charge is 0.475 e. The molecule has 0 saturated heterocycles. The van der Waals surface area contributed by atoms with Crippen molar-refractivity contribution in [1.82, 2.24) is 15.2 Å². The standard InChI is InChI=1S/C9H13N.C3H4N4O2/c1-7-3-5-9(6-4-7)8(2)10;4-3-5-1(2(8)9)6-7-3/h3-6,8H,10H2,1-2H3;(H,8,9)(H3,4,5,6,7). The number of carboxylic acid groups (broad SMARTS) is 1. The minimum Gasteiger partial charge on any atom is -0.475 e. The summed E-state index contributed by atoms with van der Waals surface area (Å²) < 4.78 is 0. The second-order valence-corrected chi connectivity index (χ2v) is 4.05. The first-order valence-corrected chi connectivity index (χ1v) is 5.63. The Balaban J connectivity index is 0.000000191. The minimum atomic E-state index is -1.17. The molecule has 0 saturated carbocycles. The molecule has 7 nitrogen and oxygen atoms in total. The molecule has 19 heavy (non-hydrogen) atoms. The normalized spacial score (nSPS) is 11.3. The molecule has 7 heteroatoms. The van der Waals surface area contributed by atoms with Crippen LogP contribution in [0.3, 0.4) is 0 Å². The highest BCUT2D eigenvalue weighted by atomic mass is 16.4. The lowest BCUT2D eigenvalue weighted by atomic mass is 10.1. The molecule has 2 aromatic rings. The van der Waals surface area contributed by atoms with Gasteiger partial charge in [-0.3, -0.25) is 5.10 Å². The van der Waals surface area contributed by atoms with Gasteiger partial charge in [-0.1, -0.05) is 29.8 Å². The van der Waals surface area contributed by atoms with Crippen molar-refractivity contribution in [3.63, 3.8) is 0 Å². The van der Waals surface area contributed by atoms with E-state index in [0.29, 0.717) is 0 Å². The summed E-state index contributed by atoms with van der Waals surface area (Å²) in [6, 6.07) is 8.46. The second kappa shape index (κ2) is 6.50. The van der Waals surface area contributed by atoms with Crippen LogP contribution in [0.2, 0.25) is 0 Å². The van der Waals surface area contributed by atoms with E-state index in [-0.39, 0.29) is 17.8 Å². The van der Waals surface area contributed by atoms with E-state index >= 15 is 0 Å². The third kappa shape index (κ3) is 4.76. The van der Waals surface area contributed by atoms with Crippen LogP contribution in [0.15, 0.2) is 24.3 Å². The second-order valence-electron chi connectivity index (χ2n) is 4.05. The summed E-state index contributed by atoms with van der Waals surface area (Å²) in [6.07, 6.45) is 0. The number of benzene rings is 1. The highest BCUT2D eigenvalue weighted by Crippen LogP contribution is 2.09. The van der Waals surface area contributed by atoms with Crippen molar-refractivity contribution in [1.29, 1.82) is 0 Å². The summed E-state index contributed by atoms with van der Waals surface area (Å²) in [5.74, 6) is -1.47. The Morgan fingerprint density at radius 2 is 1.95 bits per heavy atom. The lowest BCUT2D eigenvalue weighted by molar-refractivity contribution is 0.0684. The molecule has 0 aliphatic heterocycles. The van der Waals surface area contributed by atoms with E-state index in [4.69, 9.17) is 16.6 Å². The number of aromatic amines is 1. The molecule has 0 aliphatic rings. The van der Waals surface area contributed by atoms with Gasteiger partial charge in [0.05, 0.1) is 0 Å². The number of carboxylic acids is 1. The Bertz CT molecular complexity index is 533. The number of aryl methyl sites for hydroxylation is 1. The van der Waals surface area contributed by atoms with Gasteiger partial charge in [0.2, 0.25) is 11.8 Å². The van der Waals surface area contributed by atoms with Gasteiger partial charge < -0.3 is 16.6 Å². The van der Waals surface area contributed by atoms with Crippen LogP contribution in [-0.2, 0) is 0 Å². The lowest BCUT2D eigenvalue weighted by Gasteiger charge is -2.03. The zero-order valence-electron chi connectivity index (χ0n) is 10.8. The van der Waals surface area contributed by atoms with E-state index < -0.39 is 5.97 Å². The first-order chi connectivity index (χ1) is 8.90. The van der Waals surface area contributed by atoms with Crippen LogP contribution < -0.4 is 11.5 Å². The maximum Gasteiger partial charge on any atom is 0.373 e. The number of nitrogen functional groups attached to an aromatic ring is 1. The SMILES string of the molecule is Cc1ccc(C(C)N)cc1.Nc1n[nH]c(C(=O)O)n1. The van der Waals surface area contributed by atoms with E-state index in [9.17, 15) is 4.79 Å². The summed E-state index contributed by atoms with van der Waals surface area (Å²) in [5.41, 5.74) is 13.1. The van der Waals surface area contributed by atoms with Crippen molar-refractivity contribution < 1.29 is 9.90 Å². The Labute approximate surface area is 110 Å². The van der Waals surface area contributed by atoms with Crippen molar-refractivity contribution >= 4 is 11.9 Å². The molecule has 1 atom stereocenters. The molecule has 2 rings (SSSR count). The van der Waals surface area contributed by atoms with Gasteiger partial charge >= 0.3 is 5.97 Å². The maximum atomic E-state index is 10.0. The third-order valence-electron chi connectivity index (χ3n) is 2.31. The molecular formula is C12H17N5O2. The number of aromatic nitrogens is 3. The van der Waals surface area contributed by atoms with Crippen molar-refractivity contribution in [2.75, 3.05) is 5.73 Å². The van der Waals surface area contributed by atoms with Crippen molar-refractivity contribution in [3.05, 3.63) is 41.2 Å². The fourth-order valence-electron chi connectivity index (χ4n) is 1.24. The molecule has 102 valence electrons. The zero-order valence-corrected chi connectivity index (χ0v) is 10.8. The van der Waals surface area contributed by atoms with Crippen LogP contribution in [0.5, 0.6) is 0 Å². The van der Waals surface area contributed by atoms with Crippen LogP contribution in [0.25, 0.3) is 0 Å². The van der Waals surface area contributed by atoms with Crippen LogP contribution in [0.4, 0.5) is 5.95 Å². The quantitative estimate of drug-likeness (QED) is 0.641. The maximum absolute atomic E-state index is 10.0. The van der Waals surface area contributed by atoms with Gasteiger partial charge in [-0.15, -0.1) is 5.10 Å². The first-order valence-electron chi connectivity index (χ1n) is 5.63. The molecule has 0 radical (unpaired) electrons. The molecule has 0 aliphatic carbocycles. The van der Waals surface area contributed by atoms with E-state index in [2.05, 4.69) is 46.4 Å². The number of anilines is 1. The average Bonchev–Trinajstić information content (AvgIpc) is 2.77. The number of nitrogens with one attached hydrogen (secondary N) is 1. The fraction of sp³-hybridized carbons (Fsp3) is 0.250. The lowest BCUT2D eigenvalue weighted by Crippen LogP contribution is -2.04. The van der Waals surface area contributed by atoms with Gasteiger partial charge in [0.25, 0.3) is 0 Å². The zero-order chi connectivity index (χ0) is 14.4. The smallest absolute Gasteiger partial charge is 0.373 e. The van der Waals surface area contributed by atoms with Gasteiger partial charge in [0, 0.05) is 6.04 Å². The van der Waals surface area contributed by atoms with Crippen molar-refractivity contribution in [3.8, 4) is 0 Å². The molecule has 0 spiro atoms. The van der Waals surface area contributed by atoms with Crippen LogP contribution in [-0.4, -0.2) is 26.3 Å². The van der Waals surface area contributed by atoms with Gasteiger partial charge in [0.1, 0.15) is 0 Å². The Hall–Kier alpha value is -2.41. The number of nitrogens with zero attached hydrogens (tertiary/aromatic N) is 2. The fourth-order valence-corrected chi connectivity index (χ4v) is 1.24. The minimum absolute atomic E-state index is 0.0626. The first kappa shape index (κ1) is 14.7. The molecule has 1 aromatic heterocycles. The Morgan fingerprint density at radius 1 is 1.37 bits per heavy atom. The van der Waals surface area contributed by atoms with Gasteiger partial charge in [-0.05, 0) is 19.4 Å². The van der Waals surface area contributed by atoms with Crippen LogP contribution in [0, 0.1) is 6.92 Å². The summed E-state index contributed by atoms with van der Waals surface area (Å²) in [5, 5.41) is 13.6. The Morgan fingerprint density at radius 3 is 2.26 bits per heavy atom. The molecular weight excluding hydrogens is 246 g/mol. The molecule has 6 N–H and O–H groups in total. The van der Waals surface area contributed by atoms with E-state index in [0.717, 1.165) is 0 Å². The number of rotatable bonds is 2. The number of H-pyrrole nitrogens is 1. The summed E-state index contributed by atoms with van der Waals surface area (Å²) in [6.45, 7) is 4.07. The van der Waals surface area contributed by atoms with Gasteiger partial charge in [-0.25, -0.2) is 4.79 Å². The molecule has 0 amide bonds. The van der Waals surface area contributed by atoms with Gasteiger partial charge in [0.15, 0.2) is 0 Å². The number of nitrogens with two attached hydrogens (primary N) is 2. The predicted octanol–water partition coefficient (Wildman–Crippen LogP) is 1.10. The van der Waals surface area contributed by atoms with E-state index in [1.807, 2.05) is 6.92 Å².